The zero-order valence-corrected chi connectivity index (χ0v) is 11.9. The molecular formula is C15H24N2O2. The number of carbonyl (C=O) groups is 2. The number of terminal acetylenes is 1. The Kier molecular flexibility index (Phi) is 6.41. The standard InChI is InChI=1S/C15H24N2O2/c1-4-5-6-7-8-14(18)17-10-9-16-15(19)13(17)11-12(2)3/h1,12-13H,5-11H2,2-3H3,(H,16,19)/t13-/m0/s1. The highest BCUT2D eigenvalue weighted by Crippen LogP contribution is 2.16. The van der Waals surface area contributed by atoms with E-state index in [0.717, 1.165) is 19.3 Å². The summed E-state index contributed by atoms with van der Waals surface area (Å²) in [6.07, 6.45) is 8.78. The van der Waals surface area contributed by atoms with E-state index in [9.17, 15) is 9.59 Å². The van der Waals surface area contributed by atoms with Gasteiger partial charge in [0.15, 0.2) is 0 Å². The predicted octanol–water partition coefficient (Wildman–Crippen LogP) is 1.55. The van der Waals surface area contributed by atoms with Gasteiger partial charge in [-0.3, -0.25) is 9.59 Å². The van der Waals surface area contributed by atoms with Crippen molar-refractivity contribution in [3.8, 4) is 12.3 Å². The van der Waals surface area contributed by atoms with Gasteiger partial charge in [0.25, 0.3) is 0 Å². The van der Waals surface area contributed by atoms with Crippen molar-refractivity contribution in [3.05, 3.63) is 0 Å². The van der Waals surface area contributed by atoms with Crippen molar-refractivity contribution in [3.63, 3.8) is 0 Å². The van der Waals surface area contributed by atoms with E-state index in [-0.39, 0.29) is 17.9 Å². The molecule has 1 saturated heterocycles. The van der Waals surface area contributed by atoms with Crippen LogP contribution in [0.5, 0.6) is 0 Å². The van der Waals surface area contributed by atoms with Crippen LogP contribution in [0.25, 0.3) is 0 Å². The van der Waals surface area contributed by atoms with Crippen LogP contribution in [0.15, 0.2) is 0 Å². The predicted molar refractivity (Wildman–Crippen MR) is 75.3 cm³/mol. The van der Waals surface area contributed by atoms with Crippen LogP contribution in [0.1, 0.15) is 46.0 Å². The third-order valence-electron chi connectivity index (χ3n) is 3.31. The molecule has 4 heteroatoms. The average molecular weight is 264 g/mol. The number of hydrogen-bond donors (Lipinski definition) is 1. The SMILES string of the molecule is C#CCCCCC(=O)N1CCNC(=O)[C@@H]1CC(C)C. The average Bonchev–Trinajstić information content (AvgIpc) is 2.36. The molecule has 0 saturated carbocycles. The minimum Gasteiger partial charge on any atom is -0.353 e. The number of unbranched alkanes of at least 4 members (excludes halogenated alkanes) is 2. The fraction of sp³-hybridized carbons (Fsp3) is 0.733. The third kappa shape index (κ3) is 4.94. The summed E-state index contributed by atoms with van der Waals surface area (Å²) in [6, 6.07) is -0.297. The molecule has 0 bridgehead atoms. The number of nitrogens with one attached hydrogen (secondary N) is 1. The summed E-state index contributed by atoms with van der Waals surface area (Å²) in [6.45, 7) is 5.32. The molecule has 106 valence electrons. The topological polar surface area (TPSA) is 49.4 Å². The van der Waals surface area contributed by atoms with Crippen molar-refractivity contribution in [1.29, 1.82) is 0 Å². The van der Waals surface area contributed by atoms with Crippen LogP contribution in [-0.2, 0) is 9.59 Å². The smallest absolute Gasteiger partial charge is 0.242 e. The van der Waals surface area contributed by atoms with Crippen LogP contribution in [0.3, 0.4) is 0 Å². The lowest BCUT2D eigenvalue weighted by molar-refractivity contribution is -0.144. The molecule has 1 fully saturated rings. The van der Waals surface area contributed by atoms with Crippen LogP contribution < -0.4 is 5.32 Å². The summed E-state index contributed by atoms with van der Waals surface area (Å²) < 4.78 is 0. The Balaban J connectivity index is 2.53. The molecule has 4 nitrogen and oxygen atoms in total. The number of piperazine rings is 1. The van der Waals surface area contributed by atoms with Gasteiger partial charge in [0, 0.05) is 25.9 Å². The molecule has 19 heavy (non-hydrogen) atoms. The molecule has 1 aliphatic rings. The van der Waals surface area contributed by atoms with Gasteiger partial charge in [-0.15, -0.1) is 12.3 Å². The highest BCUT2D eigenvalue weighted by atomic mass is 16.2. The quantitative estimate of drug-likeness (QED) is 0.584. The van der Waals surface area contributed by atoms with E-state index in [4.69, 9.17) is 6.42 Å². The van der Waals surface area contributed by atoms with Crippen LogP contribution >= 0.6 is 0 Å². The largest absolute Gasteiger partial charge is 0.353 e. The maximum Gasteiger partial charge on any atom is 0.242 e. The molecule has 0 aliphatic carbocycles. The van der Waals surface area contributed by atoms with E-state index in [2.05, 4.69) is 25.1 Å². The fourth-order valence-corrected chi connectivity index (χ4v) is 2.34. The van der Waals surface area contributed by atoms with Crippen molar-refractivity contribution in [2.75, 3.05) is 13.1 Å². The summed E-state index contributed by atoms with van der Waals surface area (Å²) in [7, 11) is 0. The number of rotatable bonds is 6. The first-order valence-electron chi connectivity index (χ1n) is 7.07. The van der Waals surface area contributed by atoms with Crippen LogP contribution in [0.4, 0.5) is 0 Å². The maximum absolute atomic E-state index is 12.2. The molecule has 1 N–H and O–H groups in total. The van der Waals surface area contributed by atoms with Gasteiger partial charge in [0.1, 0.15) is 6.04 Å². The van der Waals surface area contributed by atoms with Crippen LogP contribution in [-0.4, -0.2) is 35.8 Å². The minimum absolute atomic E-state index is 0.0167. The number of carbonyl (C=O) groups excluding carboxylic acids is 2. The molecule has 2 amide bonds. The zero-order valence-electron chi connectivity index (χ0n) is 11.9. The van der Waals surface area contributed by atoms with Crippen molar-refractivity contribution >= 4 is 11.8 Å². The van der Waals surface area contributed by atoms with E-state index in [1.807, 2.05) is 0 Å². The molecule has 0 unspecified atom stereocenters. The molecular weight excluding hydrogens is 240 g/mol. The van der Waals surface area contributed by atoms with Gasteiger partial charge >= 0.3 is 0 Å². The van der Waals surface area contributed by atoms with Crippen molar-refractivity contribution in [1.82, 2.24) is 10.2 Å². The van der Waals surface area contributed by atoms with Gasteiger partial charge in [-0.25, -0.2) is 0 Å². The molecule has 1 rings (SSSR count). The summed E-state index contributed by atoms with van der Waals surface area (Å²) in [5.74, 6) is 3.03. The highest BCUT2D eigenvalue weighted by molar-refractivity contribution is 5.88. The Hall–Kier alpha value is -1.50. The van der Waals surface area contributed by atoms with Gasteiger partial charge in [-0.2, -0.15) is 0 Å². The van der Waals surface area contributed by atoms with E-state index in [1.54, 1.807) is 4.90 Å². The van der Waals surface area contributed by atoms with Crippen LogP contribution in [0, 0.1) is 18.3 Å². The van der Waals surface area contributed by atoms with E-state index in [0.29, 0.717) is 31.8 Å². The Bertz CT molecular complexity index is 358. The molecule has 0 aromatic heterocycles. The van der Waals surface area contributed by atoms with E-state index < -0.39 is 0 Å². The number of amides is 2. The van der Waals surface area contributed by atoms with Crippen LogP contribution in [0.2, 0.25) is 0 Å². The molecule has 0 radical (unpaired) electrons. The first kappa shape index (κ1) is 15.6. The molecule has 1 heterocycles. The first-order chi connectivity index (χ1) is 9.06. The molecule has 1 atom stereocenters. The highest BCUT2D eigenvalue weighted by Gasteiger charge is 2.32. The lowest BCUT2D eigenvalue weighted by atomic mass is 9.99. The third-order valence-corrected chi connectivity index (χ3v) is 3.31. The molecule has 1 aliphatic heterocycles. The van der Waals surface area contributed by atoms with Gasteiger partial charge in [0.2, 0.25) is 11.8 Å². The molecule has 0 aromatic rings. The Morgan fingerprint density at radius 2 is 2.26 bits per heavy atom. The second-order valence-corrected chi connectivity index (χ2v) is 5.43. The van der Waals surface area contributed by atoms with Gasteiger partial charge in [-0.1, -0.05) is 13.8 Å². The summed E-state index contributed by atoms with van der Waals surface area (Å²) in [5.41, 5.74) is 0. The second-order valence-electron chi connectivity index (χ2n) is 5.43. The summed E-state index contributed by atoms with van der Waals surface area (Å²) >= 11 is 0. The van der Waals surface area contributed by atoms with Gasteiger partial charge in [0.05, 0.1) is 0 Å². The summed E-state index contributed by atoms with van der Waals surface area (Å²) in [4.78, 5) is 25.8. The number of nitrogens with zero attached hydrogens (tertiary/aromatic N) is 1. The Morgan fingerprint density at radius 3 is 2.89 bits per heavy atom. The van der Waals surface area contributed by atoms with Crippen molar-refractivity contribution in [2.24, 2.45) is 5.92 Å². The number of hydrogen-bond acceptors (Lipinski definition) is 2. The van der Waals surface area contributed by atoms with E-state index >= 15 is 0 Å². The zero-order chi connectivity index (χ0) is 14.3. The molecule has 0 spiro atoms. The minimum atomic E-state index is -0.297. The normalized spacial score (nSPS) is 19.2. The fourth-order valence-electron chi connectivity index (χ4n) is 2.34. The molecule has 0 aromatic carbocycles. The van der Waals surface area contributed by atoms with Crippen molar-refractivity contribution in [2.45, 2.75) is 52.0 Å². The second kappa shape index (κ2) is 7.83. The lowest BCUT2D eigenvalue weighted by Crippen LogP contribution is -2.57. The van der Waals surface area contributed by atoms with Gasteiger partial charge in [-0.05, 0) is 25.2 Å². The summed E-state index contributed by atoms with van der Waals surface area (Å²) in [5, 5.41) is 2.84. The Labute approximate surface area is 115 Å². The lowest BCUT2D eigenvalue weighted by Gasteiger charge is -2.36. The van der Waals surface area contributed by atoms with E-state index in [1.165, 1.54) is 0 Å². The van der Waals surface area contributed by atoms with Gasteiger partial charge < -0.3 is 10.2 Å². The first-order valence-corrected chi connectivity index (χ1v) is 7.07. The Morgan fingerprint density at radius 1 is 1.53 bits per heavy atom. The monoisotopic (exact) mass is 264 g/mol. The van der Waals surface area contributed by atoms with Crippen molar-refractivity contribution < 1.29 is 9.59 Å². The maximum atomic E-state index is 12.2.